The Balaban J connectivity index is 1.32. The van der Waals surface area contributed by atoms with E-state index in [2.05, 4.69) is 5.32 Å². The Morgan fingerprint density at radius 2 is 1.43 bits per heavy atom. The number of hydrogen-bond acceptors (Lipinski definition) is 5. The lowest BCUT2D eigenvalue weighted by molar-refractivity contribution is -0.142. The summed E-state index contributed by atoms with van der Waals surface area (Å²) in [6, 6.07) is 20.0. The Labute approximate surface area is 265 Å². The molecular formula is C35H35F3N4O4. The van der Waals surface area contributed by atoms with Crippen molar-refractivity contribution in [1.29, 1.82) is 5.26 Å². The van der Waals surface area contributed by atoms with E-state index >= 15 is 0 Å². The highest BCUT2D eigenvalue weighted by molar-refractivity contribution is 5.98. The Hall–Kier alpha value is -4.69. The first kappa shape index (κ1) is 32.7. The van der Waals surface area contributed by atoms with E-state index in [0.717, 1.165) is 25.3 Å². The van der Waals surface area contributed by atoms with Crippen LogP contribution in [0.15, 0.2) is 72.8 Å². The van der Waals surface area contributed by atoms with Gasteiger partial charge in [-0.2, -0.15) is 18.4 Å². The third-order valence-electron chi connectivity index (χ3n) is 8.90. The maximum absolute atomic E-state index is 13.7. The van der Waals surface area contributed by atoms with Crippen molar-refractivity contribution in [3.8, 4) is 6.07 Å². The van der Waals surface area contributed by atoms with E-state index in [1.165, 1.54) is 12.1 Å². The predicted octanol–water partition coefficient (Wildman–Crippen LogP) is 5.67. The Morgan fingerprint density at radius 1 is 0.826 bits per heavy atom. The van der Waals surface area contributed by atoms with Crippen molar-refractivity contribution in [1.82, 2.24) is 9.80 Å². The van der Waals surface area contributed by atoms with Crippen molar-refractivity contribution in [2.24, 2.45) is 5.92 Å². The van der Waals surface area contributed by atoms with Crippen LogP contribution in [0.4, 0.5) is 18.9 Å². The number of aliphatic hydroxyl groups is 1. The zero-order valence-corrected chi connectivity index (χ0v) is 25.2. The first-order valence-electron chi connectivity index (χ1n) is 15.4. The molecule has 1 atom stereocenters. The minimum absolute atomic E-state index is 0.0920. The van der Waals surface area contributed by atoms with Crippen LogP contribution >= 0.6 is 0 Å². The fourth-order valence-electron chi connectivity index (χ4n) is 6.37. The molecule has 3 amide bonds. The molecule has 2 fully saturated rings. The van der Waals surface area contributed by atoms with Gasteiger partial charge in [0, 0.05) is 49.4 Å². The van der Waals surface area contributed by atoms with Gasteiger partial charge in [-0.25, -0.2) is 0 Å². The highest BCUT2D eigenvalue weighted by Gasteiger charge is 2.44. The lowest BCUT2D eigenvalue weighted by Crippen LogP contribution is -2.51. The van der Waals surface area contributed by atoms with Crippen molar-refractivity contribution in [2.45, 2.75) is 50.3 Å². The summed E-state index contributed by atoms with van der Waals surface area (Å²) in [5.74, 6) is -1.62. The molecule has 0 radical (unpaired) electrons. The van der Waals surface area contributed by atoms with Crippen LogP contribution in [0, 0.1) is 17.2 Å². The topological polar surface area (TPSA) is 114 Å². The van der Waals surface area contributed by atoms with Crippen LogP contribution in [0.2, 0.25) is 0 Å². The van der Waals surface area contributed by atoms with Gasteiger partial charge in [-0.3, -0.25) is 14.4 Å². The maximum Gasteiger partial charge on any atom is 0.417 e. The molecule has 8 nitrogen and oxygen atoms in total. The van der Waals surface area contributed by atoms with Gasteiger partial charge >= 0.3 is 6.18 Å². The molecular weight excluding hydrogens is 597 g/mol. The largest absolute Gasteiger partial charge is 0.417 e. The number of carbonyl (C=O) groups is 3. The molecule has 5 rings (SSSR count). The van der Waals surface area contributed by atoms with Gasteiger partial charge in [0.05, 0.1) is 17.2 Å². The lowest BCUT2D eigenvalue weighted by atomic mass is 9.73. The summed E-state index contributed by atoms with van der Waals surface area (Å²) in [5, 5.41) is 23.6. The molecule has 2 N–H and O–H groups in total. The molecule has 0 spiro atoms. The second-order valence-corrected chi connectivity index (χ2v) is 11.9. The van der Waals surface area contributed by atoms with Gasteiger partial charge in [0.25, 0.3) is 17.7 Å². The molecule has 46 heavy (non-hydrogen) atoms. The third-order valence-corrected chi connectivity index (χ3v) is 8.90. The standard InChI is InChI=1S/C35H35F3N4O4/c36-35(37,38)30-21-29(15-14-27(30)23-39)40-33(45)34(46,28-12-5-2-6-13-28)22-24-8-7-11-26(20-24)32(44)42-18-16-41(17-19-42)31(43)25-9-3-1-4-10-25/h1,3-4,7-11,14-15,20-21,28,46H,2,5-6,12-13,16-19,22H2,(H,40,45). The number of nitrogens with one attached hydrogen (secondary N) is 1. The number of amides is 3. The minimum atomic E-state index is -4.80. The van der Waals surface area contributed by atoms with Gasteiger partial charge in [0.2, 0.25) is 0 Å². The van der Waals surface area contributed by atoms with Crippen LogP contribution in [-0.4, -0.2) is 64.4 Å². The van der Waals surface area contributed by atoms with E-state index in [1.807, 2.05) is 6.07 Å². The SMILES string of the molecule is N#Cc1ccc(NC(=O)C(O)(Cc2cccc(C(=O)N3CCN(C(=O)c4ccccc4)CC3)c2)C2CCCCC2)cc1C(F)(F)F. The van der Waals surface area contributed by atoms with E-state index in [4.69, 9.17) is 5.26 Å². The van der Waals surface area contributed by atoms with Crippen molar-refractivity contribution in [3.05, 3.63) is 101 Å². The summed E-state index contributed by atoms with van der Waals surface area (Å²) in [6.07, 6.45) is -1.27. The number of nitrogens with zero attached hydrogens (tertiary/aromatic N) is 3. The fraction of sp³-hybridized carbons (Fsp3) is 0.371. The number of rotatable bonds is 7. The van der Waals surface area contributed by atoms with E-state index in [1.54, 1.807) is 58.3 Å². The molecule has 1 heterocycles. The van der Waals surface area contributed by atoms with Gasteiger partial charge in [-0.05, 0) is 66.8 Å². The van der Waals surface area contributed by atoms with Crippen LogP contribution in [0.1, 0.15) is 69.5 Å². The summed E-state index contributed by atoms with van der Waals surface area (Å²) in [7, 11) is 0. The number of halogens is 3. The van der Waals surface area contributed by atoms with E-state index < -0.39 is 34.7 Å². The molecule has 2 aliphatic rings. The van der Waals surface area contributed by atoms with Gasteiger partial charge in [0.15, 0.2) is 0 Å². The summed E-state index contributed by atoms with van der Waals surface area (Å²) in [4.78, 5) is 43.4. The summed E-state index contributed by atoms with van der Waals surface area (Å²) < 4.78 is 40.7. The number of nitriles is 1. The van der Waals surface area contributed by atoms with Crippen LogP contribution in [0.5, 0.6) is 0 Å². The average Bonchev–Trinajstić information content (AvgIpc) is 3.08. The second kappa shape index (κ2) is 13.7. The highest BCUT2D eigenvalue weighted by atomic mass is 19.4. The number of alkyl halides is 3. The van der Waals surface area contributed by atoms with Gasteiger partial charge in [-0.1, -0.05) is 49.6 Å². The molecule has 240 valence electrons. The van der Waals surface area contributed by atoms with Gasteiger partial charge in [0.1, 0.15) is 5.60 Å². The molecule has 0 aromatic heterocycles. The number of carbonyl (C=O) groups excluding carboxylic acids is 3. The molecule has 3 aromatic carbocycles. The van der Waals surface area contributed by atoms with Crippen LogP contribution in [0.3, 0.4) is 0 Å². The van der Waals surface area contributed by atoms with E-state index in [-0.39, 0.29) is 23.9 Å². The molecule has 1 saturated heterocycles. The first-order chi connectivity index (χ1) is 22.0. The lowest BCUT2D eigenvalue weighted by Gasteiger charge is -2.37. The zero-order chi connectivity index (χ0) is 32.9. The Morgan fingerprint density at radius 3 is 2.04 bits per heavy atom. The predicted molar refractivity (Wildman–Crippen MR) is 165 cm³/mol. The summed E-state index contributed by atoms with van der Waals surface area (Å²) >= 11 is 0. The minimum Gasteiger partial charge on any atom is -0.379 e. The second-order valence-electron chi connectivity index (χ2n) is 11.9. The Kier molecular flexibility index (Phi) is 9.77. The molecule has 3 aromatic rings. The van der Waals surface area contributed by atoms with Crippen molar-refractivity contribution in [3.63, 3.8) is 0 Å². The summed E-state index contributed by atoms with van der Waals surface area (Å²) in [6.45, 7) is 1.46. The van der Waals surface area contributed by atoms with Gasteiger partial charge < -0.3 is 20.2 Å². The summed E-state index contributed by atoms with van der Waals surface area (Å²) in [5.41, 5.74) is -2.40. The smallest absolute Gasteiger partial charge is 0.379 e. The molecule has 1 saturated carbocycles. The van der Waals surface area contributed by atoms with Crippen LogP contribution < -0.4 is 5.32 Å². The third kappa shape index (κ3) is 7.23. The normalized spacial score (nSPS) is 17.1. The monoisotopic (exact) mass is 632 g/mol. The fourth-order valence-corrected chi connectivity index (χ4v) is 6.37. The van der Waals surface area contributed by atoms with E-state index in [0.29, 0.717) is 61.8 Å². The van der Waals surface area contributed by atoms with Crippen molar-refractivity contribution < 1.29 is 32.7 Å². The van der Waals surface area contributed by atoms with E-state index in [9.17, 15) is 32.7 Å². The number of hydrogen-bond donors (Lipinski definition) is 2. The average molecular weight is 633 g/mol. The molecule has 0 bridgehead atoms. The Bertz CT molecular complexity index is 1620. The maximum atomic E-state index is 13.7. The first-order valence-corrected chi connectivity index (χ1v) is 15.4. The molecule has 1 unspecified atom stereocenters. The quantitative estimate of drug-likeness (QED) is 0.349. The van der Waals surface area contributed by atoms with Crippen molar-refractivity contribution in [2.75, 3.05) is 31.5 Å². The van der Waals surface area contributed by atoms with Crippen LogP contribution in [-0.2, 0) is 17.4 Å². The zero-order valence-electron chi connectivity index (χ0n) is 25.2. The highest BCUT2D eigenvalue weighted by Crippen LogP contribution is 2.37. The number of benzene rings is 3. The van der Waals surface area contributed by atoms with Gasteiger partial charge in [-0.15, -0.1) is 0 Å². The molecule has 1 aliphatic carbocycles. The number of piperazine rings is 1. The number of anilines is 1. The van der Waals surface area contributed by atoms with Crippen LogP contribution in [0.25, 0.3) is 0 Å². The molecule has 11 heteroatoms. The molecule has 1 aliphatic heterocycles. The van der Waals surface area contributed by atoms with Crippen molar-refractivity contribution >= 4 is 23.4 Å².